The van der Waals surface area contributed by atoms with Gasteiger partial charge in [0.1, 0.15) is 10.7 Å². The molecule has 126 valence electrons. The molecule has 1 aromatic carbocycles. The molecule has 0 unspecified atom stereocenters. The number of rotatable bonds is 5. The van der Waals surface area contributed by atoms with Crippen LogP contribution in [0.15, 0.2) is 33.6 Å². The fourth-order valence-corrected chi connectivity index (χ4v) is 3.58. The van der Waals surface area contributed by atoms with E-state index in [9.17, 15) is 12.8 Å². The molecule has 3 aromatic rings. The zero-order chi connectivity index (χ0) is 17.3. The number of aryl methyl sites for hydroxylation is 2. The number of hydrogen-bond acceptors (Lipinski definition) is 6. The van der Waals surface area contributed by atoms with Gasteiger partial charge in [-0.3, -0.25) is 5.10 Å². The van der Waals surface area contributed by atoms with Crippen LogP contribution in [0, 0.1) is 19.7 Å². The Bertz CT molecular complexity index is 960. The molecule has 0 bridgehead atoms. The van der Waals surface area contributed by atoms with Crippen LogP contribution >= 0.6 is 0 Å². The normalized spacial score (nSPS) is 11.8. The molecule has 10 heteroatoms. The highest BCUT2D eigenvalue weighted by Crippen LogP contribution is 2.21. The molecule has 0 saturated carbocycles. The third-order valence-corrected chi connectivity index (χ3v) is 4.98. The Hall–Kier alpha value is -2.59. The molecule has 3 rings (SSSR count). The monoisotopic (exact) mass is 351 g/mol. The smallest absolute Gasteiger partial charge is 0.250 e. The molecule has 2 N–H and O–H groups in total. The van der Waals surface area contributed by atoms with Crippen molar-refractivity contribution in [1.29, 1.82) is 0 Å². The number of hydrogen-bond donors (Lipinski definition) is 2. The van der Waals surface area contributed by atoms with E-state index in [1.54, 1.807) is 26.0 Å². The maximum atomic E-state index is 13.7. The van der Waals surface area contributed by atoms with E-state index in [2.05, 4.69) is 25.1 Å². The first kappa shape index (κ1) is 16.3. The average molecular weight is 351 g/mol. The second-order valence-corrected chi connectivity index (χ2v) is 6.77. The summed E-state index contributed by atoms with van der Waals surface area (Å²) in [7, 11) is -3.79. The Morgan fingerprint density at radius 3 is 2.67 bits per heavy atom. The highest BCUT2D eigenvalue weighted by molar-refractivity contribution is 7.89. The van der Waals surface area contributed by atoms with Gasteiger partial charge in [0, 0.05) is 0 Å². The molecule has 0 amide bonds. The van der Waals surface area contributed by atoms with Gasteiger partial charge in [-0.2, -0.15) is 5.10 Å². The van der Waals surface area contributed by atoms with Crippen LogP contribution in [0.1, 0.15) is 17.3 Å². The van der Waals surface area contributed by atoms with Gasteiger partial charge in [-0.05, 0) is 26.0 Å². The van der Waals surface area contributed by atoms with Gasteiger partial charge < -0.3 is 4.42 Å². The van der Waals surface area contributed by atoms with Gasteiger partial charge in [-0.25, -0.2) is 17.5 Å². The van der Waals surface area contributed by atoms with E-state index < -0.39 is 15.8 Å². The van der Waals surface area contributed by atoms with E-state index >= 15 is 0 Å². The minimum Gasteiger partial charge on any atom is -0.419 e. The first-order valence-corrected chi connectivity index (χ1v) is 8.45. The van der Waals surface area contributed by atoms with Crippen LogP contribution < -0.4 is 4.72 Å². The fourth-order valence-electron chi connectivity index (χ4n) is 2.23. The van der Waals surface area contributed by atoms with Crippen LogP contribution in [0.2, 0.25) is 0 Å². The maximum absolute atomic E-state index is 13.7. The van der Waals surface area contributed by atoms with Crippen molar-refractivity contribution < 1.29 is 17.2 Å². The molecule has 0 spiro atoms. The lowest BCUT2D eigenvalue weighted by atomic mass is 10.2. The highest BCUT2D eigenvalue weighted by atomic mass is 32.2. The topological polar surface area (TPSA) is 114 Å². The van der Waals surface area contributed by atoms with Crippen molar-refractivity contribution in [3.63, 3.8) is 0 Å². The summed E-state index contributed by atoms with van der Waals surface area (Å²) in [5.41, 5.74) is 0.941. The standard InChI is InChI=1S/C14H14FN5O3S/c1-8-13(9(2)18-17-8)24(21,22)16-7-12-19-20-14(23-12)10-5-3-4-6-11(10)15/h3-6,16H,7H2,1-2H3,(H,17,18). The van der Waals surface area contributed by atoms with E-state index in [1.807, 2.05) is 0 Å². The molecule has 0 radical (unpaired) electrons. The molecular formula is C14H14FN5O3S. The van der Waals surface area contributed by atoms with Gasteiger partial charge in [0.15, 0.2) is 0 Å². The molecule has 8 nitrogen and oxygen atoms in total. The minimum absolute atomic E-state index is 0.0158. The minimum atomic E-state index is -3.79. The molecule has 24 heavy (non-hydrogen) atoms. The quantitative estimate of drug-likeness (QED) is 0.723. The Kier molecular flexibility index (Phi) is 4.16. The SMILES string of the molecule is Cc1n[nH]c(C)c1S(=O)(=O)NCc1nnc(-c2ccccc2F)o1. The van der Waals surface area contributed by atoms with Gasteiger partial charge in [-0.15, -0.1) is 10.2 Å². The number of aromatic nitrogens is 4. The van der Waals surface area contributed by atoms with Crippen molar-refractivity contribution in [2.75, 3.05) is 0 Å². The number of halogens is 1. The molecule has 0 aliphatic rings. The van der Waals surface area contributed by atoms with Crippen molar-refractivity contribution in [1.82, 2.24) is 25.1 Å². The molecule has 2 aromatic heterocycles. The Balaban J connectivity index is 1.78. The van der Waals surface area contributed by atoms with Gasteiger partial charge in [-0.1, -0.05) is 12.1 Å². The van der Waals surface area contributed by atoms with E-state index in [4.69, 9.17) is 4.42 Å². The van der Waals surface area contributed by atoms with E-state index in [1.165, 1.54) is 12.1 Å². The van der Waals surface area contributed by atoms with E-state index in [0.29, 0.717) is 11.4 Å². The van der Waals surface area contributed by atoms with E-state index in [-0.39, 0.29) is 28.8 Å². The number of benzene rings is 1. The maximum Gasteiger partial charge on any atom is 0.250 e. The summed E-state index contributed by atoms with van der Waals surface area (Å²) in [6.07, 6.45) is 0. The van der Waals surface area contributed by atoms with Crippen LogP contribution in [0.25, 0.3) is 11.5 Å². The van der Waals surface area contributed by atoms with Crippen LogP contribution in [0.5, 0.6) is 0 Å². The zero-order valence-corrected chi connectivity index (χ0v) is 13.7. The first-order valence-electron chi connectivity index (χ1n) is 6.97. The number of H-pyrrole nitrogens is 1. The fraction of sp³-hybridized carbons (Fsp3) is 0.214. The lowest BCUT2D eigenvalue weighted by Gasteiger charge is -2.04. The predicted octanol–water partition coefficient (Wildman–Crippen LogP) is 1.69. The first-order chi connectivity index (χ1) is 11.4. The largest absolute Gasteiger partial charge is 0.419 e. The van der Waals surface area contributed by atoms with E-state index in [0.717, 1.165) is 0 Å². The van der Waals surface area contributed by atoms with Gasteiger partial charge in [0.25, 0.3) is 5.89 Å². The van der Waals surface area contributed by atoms with Crippen LogP contribution in [-0.4, -0.2) is 28.8 Å². The average Bonchev–Trinajstić information content (AvgIpc) is 3.13. The Morgan fingerprint density at radius 1 is 1.25 bits per heavy atom. The molecule has 2 heterocycles. The summed E-state index contributed by atoms with van der Waals surface area (Å²) >= 11 is 0. The van der Waals surface area contributed by atoms with Gasteiger partial charge in [0.2, 0.25) is 15.9 Å². The number of nitrogens with zero attached hydrogens (tertiary/aromatic N) is 3. The summed E-state index contributed by atoms with van der Waals surface area (Å²) in [5, 5.41) is 13.9. The second-order valence-electron chi connectivity index (χ2n) is 5.07. The van der Waals surface area contributed by atoms with Crippen molar-refractivity contribution in [3.05, 3.63) is 47.4 Å². The number of sulfonamides is 1. The second kappa shape index (κ2) is 6.13. The molecule has 0 fully saturated rings. The lowest BCUT2D eigenvalue weighted by Crippen LogP contribution is -2.24. The van der Waals surface area contributed by atoms with Crippen LogP contribution in [0.4, 0.5) is 4.39 Å². The number of aromatic amines is 1. The van der Waals surface area contributed by atoms with Crippen LogP contribution in [0.3, 0.4) is 0 Å². The molecule has 0 saturated heterocycles. The Labute approximate surface area is 137 Å². The molecular weight excluding hydrogens is 337 g/mol. The Morgan fingerprint density at radius 2 is 2.00 bits per heavy atom. The van der Waals surface area contributed by atoms with Crippen molar-refractivity contribution in [3.8, 4) is 11.5 Å². The summed E-state index contributed by atoms with van der Waals surface area (Å²) in [4.78, 5) is 0.0799. The van der Waals surface area contributed by atoms with Gasteiger partial charge in [0.05, 0.1) is 23.5 Å². The molecule has 0 aliphatic carbocycles. The van der Waals surface area contributed by atoms with Crippen molar-refractivity contribution in [2.24, 2.45) is 0 Å². The zero-order valence-electron chi connectivity index (χ0n) is 12.9. The predicted molar refractivity (Wildman–Crippen MR) is 81.8 cm³/mol. The van der Waals surface area contributed by atoms with Crippen molar-refractivity contribution >= 4 is 10.0 Å². The molecule has 0 atom stereocenters. The van der Waals surface area contributed by atoms with Crippen LogP contribution in [-0.2, 0) is 16.6 Å². The lowest BCUT2D eigenvalue weighted by molar-refractivity contribution is 0.490. The summed E-state index contributed by atoms with van der Waals surface area (Å²) in [6.45, 7) is 2.98. The summed E-state index contributed by atoms with van der Waals surface area (Å²) in [5.74, 6) is -0.494. The van der Waals surface area contributed by atoms with Crippen molar-refractivity contribution in [2.45, 2.75) is 25.3 Å². The highest BCUT2D eigenvalue weighted by Gasteiger charge is 2.23. The third kappa shape index (κ3) is 3.05. The summed E-state index contributed by atoms with van der Waals surface area (Å²) in [6, 6.07) is 5.94. The molecule has 0 aliphatic heterocycles. The summed E-state index contributed by atoms with van der Waals surface area (Å²) < 4.78 is 46.0. The number of nitrogens with one attached hydrogen (secondary N) is 2. The third-order valence-electron chi connectivity index (χ3n) is 3.31. The van der Waals surface area contributed by atoms with Gasteiger partial charge >= 0.3 is 0 Å².